The first-order valence-electron chi connectivity index (χ1n) is 6.65. The molecule has 1 fully saturated rings. The van der Waals surface area contributed by atoms with Gasteiger partial charge in [-0.15, -0.1) is 0 Å². The van der Waals surface area contributed by atoms with Crippen LogP contribution in [0, 0.1) is 0 Å². The molecule has 106 valence electrons. The van der Waals surface area contributed by atoms with E-state index in [0.717, 1.165) is 43.5 Å². The van der Waals surface area contributed by atoms with Crippen LogP contribution in [-0.2, 0) is 13.6 Å². The molecular formula is C12H18N8. The van der Waals surface area contributed by atoms with Crippen molar-refractivity contribution in [1.82, 2.24) is 25.2 Å². The van der Waals surface area contributed by atoms with Gasteiger partial charge in [-0.3, -0.25) is 0 Å². The highest BCUT2D eigenvalue weighted by Crippen LogP contribution is 2.16. The molecule has 2 aromatic rings. The molecule has 1 aliphatic heterocycles. The lowest BCUT2D eigenvalue weighted by Crippen LogP contribution is -2.47. The molecule has 2 aromatic heterocycles. The molecule has 0 amide bonds. The van der Waals surface area contributed by atoms with E-state index < -0.39 is 0 Å². The highest BCUT2D eigenvalue weighted by molar-refractivity contribution is 5.42. The molecule has 0 saturated carbocycles. The van der Waals surface area contributed by atoms with Crippen LogP contribution in [0.25, 0.3) is 0 Å². The minimum atomic E-state index is 0.528. The molecule has 2 N–H and O–H groups in total. The van der Waals surface area contributed by atoms with Crippen molar-refractivity contribution in [3.05, 3.63) is 23.9 Å². The van der Waals surface area contributed by atoms with Gasteiger partial charge in [0.05, 0.1) is 0 Å². The number of aromatic nitrogens is 5. The van der Waals surface area contributed by atoms with Gasteiger partial charge in [0.2, 0.25) is 5.95 Å². The van der Waals surface area contributed by atoms with Gasteiger partial charge in [0.1, 0.15) is 5.82 Å². The number of pyridine rings is 1. The summed E-state index contributed by atoms with van der Waals surface area (Å²) < 4.78 is 1.70. The molecule has 0 unspecified atom stereocenters. The van der Waals surface area contributed by atoms with Crippen LogP contribution in [0.5, 0.6) is 0 Å². The Bertz CT molecular complexity index is 555. The quantitative estimate of drug-likeness (QED) is 0.798. The maximum atomic E-state index is 5.58. The van der Waals surface area contributed by atoms with Crippen LogP contribution in [0.15, 0.2) is 18.3 Å². The molecule has 1 saturated heterocycles. The molecule has 0 aromatic carbocycles. The Balaban J connectivity index is 1.64. The summed E-state index contributed by atoms with van der Waals surface area (Å²) in [6, 6.07) is 4.06. The van der Waals surface area contributed by atoms with E-state index in [-0.39, 0.29) is 0 Å². The first-order valence-corrected chi connectivity index (χ1v) is 6.65. The molecule has 8 heteroatoms. The van der Waals surface area contributed by atoms with Gasteiger partial charge in [-0.1, -0.05) is 11.2 Å². The molecule has 20 heavy (non-hydrogen) atoms. The van der Waals surface area contributed by atoms with E-state index in [1.54, 1.807) is 4.68 Å². The Labute approximate surface area is 117 Å². The van der Waals surface area contributed by atoms with Crippen molar-refractivity contribution >= 4 is 11.8 Å². The van der Waals surface area contributed by atoms with E-state index in [4.69, 9.17) is 5.73 Å². The molecule has 0 bridgehead atoms. The predicted molar refractivity (Wildman–Crippen MR) is 75.4 cm³/mol. The highest BCUT2D eigenvalue weighted by Gasteiger charge is 2.21. The maximum absolute atomic E-state index is 5.58. The molecule has 8 nitrogen and oxygen atoms in total. The van der Waals surface area contributed by atoms with Crippen LogP contribution in [0.1, 0.15) is 5.56 Å². The second kappa shape index (κ2) is 5.41. The molecule has 0 spiro atoms. The number of tetrazole rings is 1. The summed E-state index contributed by atoms with van der Waals surface area (Å²) in [7, 11) is 1.86. The second-order valence-electron chi connectivity index (χ2n) is 4.81. The molecule has 1 aliphatic rings. The first-order chi connectivity index (χ1) is 9.78. The monoisotopic (exact) mass is 274 g/mol. The fraction of sp³-hybridized carbons (Fsp3) is 0.500. The minimum absolute atomic E-state index is 0.528. The van der Waals surface area contributed by atoms with Crippen molar-refractivity contribution in [3.63, 3.8) is 0 Å². The van der Waals surface area contributed by atoms with Gasteiger partial charge < -0.3 is 15.5 Å². The average molecular weight is 274 g/mol. The van der Waals surface area contributed by atoms with Crippen LogP contribution < -0.4 is 15.5 Å². The number of anilines is 2. The van der Waals surface area contributed by atoms with Gasteiger partial charge in [0.15, 0.2) is 0 Å². The lowest BCUT2D eigenvalue weighted by atomic mass is 10.2. The van der Waals surface area contributed by atoms with Crippen molar-refractivity contribution in [2.45, 2.75) is 6.54 Å². The Morgan fingerprint density at radius 3 is 2.45 bits per heavy atom. The van der Waals surface area contributed by atoms with Crippen LogP contribution in [0.2, 0.25) is 0 Å². The van der Waals surface area contributed by atoms with Crippen molar-refractivity contribution in [1.29, 1.82) is 0 Å². The molecule has 3 rings (SSSR count). The summed E-state index contributed by atoms with van der Waals surface area (Å²) in [6.07, 6.45) is 1.84. The number of rotatable bonds is 3. The number of piperazine rings is 1. The largest absolute Gasteiger partial charge is 0.353 e. The van der Waals surface area contributed by atoms with Gasteiger partial charge in [0, 0.05) is 46.0 Å². The molecule has 3 heterocycles. The molecule has 0 radical (unpaired) electrons. The van der Waals surface area contributed by atoms with Gasteiger partial charge in [-0.25, -0.2) is 9.67 Å². The molecule has 0 atom stereocenters. The SMILES string of the molecule is Cn1nnnc1N1CCN(c2ccc(CN)cn2)CC1. The van der Waals surface area contributed by atoms with Gasteiger partial charge in [-0.2, -0.15) is 0 Å². The number of nitrogens with zero attached hydrogens (tertiary/aromatic N) is 7. The number of aryl methyl sites for hydroxylation is 1. The zero-order chi connectivity index (χ0) is 13.9. The van der Waals surface area contributed by atoms with Crippen LogP contribution in [0.4, 0.5) is 11.8 Å². The third kappa shape index (κ3) is 2.42. The van der Waals surface area contributed by atoms with E-state index in [0.29, 0.717) is 6.54 Å². The van der Waals surface area contributed by atoms with E-state index in [2.05, 4.69) is 30.3 Å². The third-order valence-corrected chi connectivity index (χ3v) is 3.53. The van der Waals surface area contributed by atoms with Gasteiger partial charge in [-0.05, 0) is 22.1 Å². The number of hydrogen-bond donors (Lipinski definition) is 1. The standard InChI is InChI=1S/C12H18N8/c1-18-12(15-16-17-18)20-6-4-19(5-7-20)11-3-2-10(8-13)9-14-11/h2-3,9H,4-8,13H2,1H3. The average Bonchev–Trinajstić information content (AvgIpc) is 2.94. The summed E-state index contributed by atoms with van der Waals surface area (Å²) in [5.74, 6) is 1.81. The van der Waals surface area contributed by atoms with Crippen molar-refractivity contribution in [2.75, 3.05) is 36.0 Å². The lowest BCUT2D eigenvalue weighted by Gasteiger charge is -2.35. The second-order valence-corrected chi connectivity index (χ2v) is 4.81. The molecular weight excluding hydrogens is 256 g/mol. The zero-order valence-electron chi connectivity index (χ0n) is 11.5. The lowest BCUT2D eigenvalue weighted by molar-refractivity contribution is 0.613. The fourth-order valence-electron chi connectivity index (χ4n) is 2.35. The predicted octanol–water partition coefficient (Wildman–Crippen LogP) is -0.610. The Morgan fingerprint density at radius 1 is 1.15 bits per heavy atom. The Kier molecular flexibility index (Phi) is 3.46. The summed E-state index contributed by atoms with van der Waals surface area (Å²) in [6.45, 7) is 4.10. The van der Waals surface area contributed by atoms with Crippen molar-refractivity contribution < 1.29 is 0 Å². The van der Waals surface area contributed by atoms with E-state index in [9.17, 15) is 0 Å². The third-order valence-electron chi connectivity index (χ3n) is 3.53. The van der Waals surface area contributed by atoms with Crippen LogP contribution in [0.3, 0.4) is 0 Å². The Morgan fingerprint density at radius 2 is 1.90 bits per heavy atom. The summed E-state index contributed by atoms with van der Waals surface area (Å²) in [5.41, 5.74) is 6.64. The summed E-state index contributed by atoms with van der Waals surface area (Å²) in [5, 5.41) is 11.6. The van der Waals surface area contributed by atoms with Crippen molar-refractivity contribution in [3.8, 4) is 0 Å². The topological polar surface area (TPSA) is 89.0 Å². The van der Waals surface area contributed by atoms with Gasteiger partial charge >= 0.3 is 0 Å². The smallest absolute Gasteiger partial charge is 0.245 e. The number of hydrogen-bond acceptors (Lipinski definition) is 7. The maximum Gasteiger partial charge on any atom is 0.245 e. The fourth-order valence-corrected chi connectivity index (χ4v) is 2.35. The normalized spacial score (nSPS) is 15.7. The van der Waals surface area contributed by atoms with Crippen LogP contribution in [-0.4, -0.2) is 51.4 Å². The van der Waals surface area contributed by atoms with E-state index in [1.807, 2.05) is 25.4 Å². The summed E-state index contributed by atoms with van der Waals surface area (Å²) >= 11 is 0. The Hall–Kier alpha value is -2.22. The summed E-state index contributed by atoms with van der Waals surface area (Å²) in [4.78, 5) is 8.91. The zero-order valence-corrected chi connectivity index (χ0v) is 11.5. The van der Waals surface area contributed by atoms with E-state index >= 15 is 0 Å². The number of nitrogens with two attached hydrogens (primary N) is 1. The van der Waals surface area contributed by atoms with E-state index in [1.165, 1.54) is 0 Å². The van der Waals surface area contributed by atoms with Gasteiger partial charge in [0.25, 0.3) is 0 Å². The molecule has 0 aliphatic carbocycles. The van der Waals surface area contributed by atoms with Crippen molar-refractivity contribution in [2.24, 2.45) is 12.8 Å². The highest BCUT2D eigenvalue weighted by atomic mass is 15.6. The minimum Gasteiger partial charge on any atom is -0.353 e. The van der Waals surface area contributed by atoms with Crippen LogP contribution >= 0.6 is 0 Å². The first kappa shape index (κ1) is 12.8.